The fourth-order valence-corrected chi connectivity index (χ4v) is 1.42. The molecule has 0 fully saturated rings. The van der Waals surface area contributed by atoms with E-state index in [1.165, 1.54) is 24.1 Å². The molecule has 17 heavy (non-hydrogen) atoms. The van der Waals surface area contributed by atoms with Crippen molar-refractivity contribution in [2.24, 2.45) is 7.05 Å². The van der Waals surface area contributed by atoms with Gasteiger partial charge < -0.3 is 0 Å². The molecule has 0 radical (unpaired) electrons. The summed E-state index contributed by atoms with van der Waals surface area (Å²) in [6.45, 7) is 0. The van der Waals surface area contributed by atoms with Gasteiger partial charge in [0.05, 0.1) is 22.3 Å². The molecule has 0 amide bonds. The number of carbonyl (C=O) groups is 1. The number of carbonyl (C=O) groups excluding carboxylic acids is 1. The van der Waals surface area contributed by atoms with Gasteiger partial charge in [0.15, 0.2) is 0 Å². The average Bonchev–Trinajstić information content (AvgIpc) is 2.83. The lowest BCUT2D eigenvalue weighted by atomic mass is 10.3. The molecule has 0 aliphatic rings. The number of hydrogen-bond donors (Lipinski definition) is 0. The first-order chi connectivity index (χ1) is 7.99. The van der Waals surface area contributed by atoms with E-state index in [-0.39, 0.29) is 16.4 Å². The summed E-state index contributed by atoms with van der Waals surface area (Å²) in [6, 6.07) is 0. The first kappa shape index (κ1) is 11.3. The Hall–Kier alpha value is -2.22. The topological polar surface area (TPSA) is 95.8 Å². The Kier molecular flexibility index (Phi) is 2.64. The predicted octanol–water partition coefficient (Wildman–Crippen LogP) is 0.867. The summed E-state index contributed by atoms with van der Waals surface area (Å²) in [5, 5.41) is 18.4. The summed E-state index contributed by atoms with van der Waals surface area (Å²) in [5.74, 6) is -0.704. The van der Waals surface area contributed by atoms with Crippen molar-refractivity contribution in [3.8, 4) is 0 Å². The third-order valence-electron chi connectivity index (χ3n) is 1.97. The molecule has 0 aromatic carbocycles. The highest BCUT2D eigenvalue weighted by molar-refractivity contribution is 6.30. The number of hydrogen-bond acceptors (Lipinski definition) is 5. The third-order valence-corrected chi connectivity index (χ3v) is 2.16. The van der Waals surface area contributed by atoms with E-state index < -0.39 is 10.8 Å². The van der Waals surface area contributed by atoms with Crippen molar-refractivity contribution in [1.29, 1.82) is 0 Å². The number of nitrogens with zero attached hydrogens (tertiary/aromatic N) is 5. The summed E-state index contributed by atoms with van der Waals surface area (Å²) < 4.78 is 2.09. The molecule has 0 aliphatic carbocycles. The smallest absolute Gasteiger partial charge is 0.268 e. The minimum atomic E-state index is -0.704. The van der Waals surface area contributed by atoms with Gasteiger partial charge in [-0.05, 0) is 0 Å². The van der Waals surface area contributed by atoms with Gasteiger partial charge in [-0.2, -0.15) is 10.2 Å². The molecule has 88 valence electrons. The largest absolute Gasteiger partial charge is 0.320 e. The normalized spacial score (nSPS) is 10.5. The van der Waals surface area contributed by atoms with Gasteiger partial charge in [0.2, 0.25) is 5.69 Å². The van der Waals surface area contributed by atoms with Crippen molar-refractivity contribution in [2.75, 3.05) is 0 Å². The highest BCUT2D eigenvalue weighted by Crippen LogP contribution is 2.17. The summed E-state index contributed by atoms with van der Waals surface area (Å²) in [6.07, 6.45) is 3.66. The molecule has 2 heterocycles. The monoisotopic (exact) mass is 255 g/mol. The molecule has 0 spiro atoms. The maximum absolute atomic E-state index is 11.9. The lowest BCUT2D eigenvalue weighted by molar-refractivity contribution is -0.385. The van der Waals surface area contributed by atoms with Crippen LogP contribution in [0.1, 0.15) is 10.5 Å². The van der Waals surface area contributed by atoms with Crippen LogP contribution < -0.4 is 0 Å². The maximum Gasteiger partial charge on any atom is 0.320 e. The van der Waals surface area contributed by atoms with Crippen LogP contribution in [-0.2, 0) is 7.05 Å². The molecule has 2 aromatic heterocycles. The summed E-state index contributed by atoms with van der Waals surface area (Å²) in [5.41, 5.74) is -0.651. The molecule has 0 saturated carbocycles. The van der Waals surface area contributed by atoms with Gasteiger partial charge in [0, 0.05) is 7.05 Å². The fraction of sp³-hybridized carbons (Fsp3) is 0.125. The molecule has 0 unspecified atom stereocenters. The molecular weight excluding hydrogens is 250 g/mol. The van der Waals surface area contributed by atoms with Crippen molar-refractivity contribution >= 4 is 23.2 Å². The van der Waals surface area contributed by atoms with Crippen molar-refractivity contribution in [1.82, 2.24) is 19.6 Å². The summed E-state index contributed by atoms with van der Waals surface area (Å²) >= 11 is 5.60. The summed E-state index contributed by atoms with van der Waals surface area (Å²) in [7, 11) is 1.49. The molecule has 9 heteroatoms. The van der Waals surface area contributed by atoms with Gasteiger partial charge in [-0.3, -0.25) is 19.6 Å². The third kappa shape index (κ3) is 2.02. The van der Waals surface area contributed by atoms with Gasteiger partial charge in [-0.25, -0.2) is 4.68 Å². The maximum atomic E-state index is 11.9. The van der Waals surface area contributed by atoms with Crippen LogP contribution in [0.25, 0.3) is 0 Å². The first-order valence-corrected chi connectivity index (χ1v) is 4.79. The van der Waals surface area contributed by atoms with Crippen LogP contribution in [0, 0.1) is 10.1 Å². The molecule has 0 saturated heterocycles. The number of halogens is 1. The standard InChI is InChI=1S/C8H6ClN5O3/c1-12-4-6(14(16)17)7(11-12)8(15)13-3-5(9)2-10-13/h2-4H,1H3. The van der Waals surface area contributed by atoms with Crippen molar-refractivity contribution in [3.63, 3.8) is 0 Å². The Morgan fingerprint density at radius 1 is 1.53 bits per heavy atom. The molecule has 8 nitrogen and oxygen atoms in total. The highest BCUT2D eigenvalue weighted by atomic mass is 35.5. The van der Waals surface area contributed by atoms with Crippen LogP contribution in [0.3, 0.4) is 0 Å². The first-order valence-electron chi connectivity index (χ1n) is 4.42. The fourth-order valence-electron chi connectivity index (χ4n) is 1.28. The lowest BCUT2D eigenvalue weighted by Crippen LogP contribution is -2.14. The van der Waals surface area contributed by atoms with Crippen molar-refractivity contribution in [3.05, 3.63) is 39.4 Å². The second kappa shape index (κ2) is 3.98. The molecule has 0 bridgehead atoms. The van der Waals surface area contributed by atoms with Gasteiger partial charge in [-0.1, -0.05) is 11.6 Å². The Morgan fingerprint density at radius 3 is 2.76 bits per heavy atom. The Morgan fingerprint density at radius 2 is 2.24 bits per heavy atom. The van der Waals surface area contributed by atoms with E-state index in [1.54, 1.807) is 0 Å². The van der Waals surface area contributed by atoms with Gasteiger partial charge in [0.25, 0.3) is 0 Å². The average molecular weight is 256 g/mol. The van der Waals surface area contributed by atoms with Crippen LogP contribution in [0.2, 0.25) is 5.02 Å². The van der Waals surface area contributed by atoms with E-state index in [4.69, 9.17) is 11.6 Å². The number of nitro groups is 1. The minimum absolute atomic E-state index is 0.261. The zero-order valence-corrected chi connectivity index (χ0v) is 9.33. The molecule has 2 rings (SSSR count). The van der Waals surface area contributed by atoms with E-state index >= 15 is 0 Å². The van der Waals surface area contributed by atoms with E-state index in [0.717, 1.165) is 10.9 Å². The van der Waals surface area contributed by atoms with Gasteiger partial charge in [-0.15, -0.1) is 0 Å². The molecular formula is C8H6ClN5O3. The number of aryl methyl sites for hydroxylation is 1. The van der Waals surface area contributed by atoms with E-state index in [9.17, 15) is 14.9 Å². The van der Waals surface area contributed by atoms with E-state index in [1.807, 2.05) is 0 Å². The van der Waals surface area contributed by atoms with E-state index in [2.05, 4.69) is 10.2 Å². The van der Waals surface area contributed by atoms with Crippen molar-refractivity contribution in [2.45, 2.75) is 0 Å². The second-order valence-corrected chi connectivity index (χ2v) is 3.64. The quantitative estimate of drug-likeness (QED) is 0.586. The van der Waals surface area contributed by atoms with Gasteiger partial charge in [0.1, 0.15) is 6.20 Å². The Labute approximate surface area is 99.6 Å². The number of aromatic nitrogens is 4. The zero-order valence-electron chi connectivity index (χ0n) is 8.57. The highest BCUT2D eigenvalue weighted by Gasteiger charge is 2.26. The van der Waals surface area contributed by atoms with Crippen molar-refractivity contribution < 1.29 is 9.72 Å². The van der Waals surface area contributed by atoms with Gasteiger partial charge >= 0.3 is 11.6 Å². The summed E-state index contributed by atoms with van der Waals surface area (Å²) in [4.78, 5) is 21.9. The van der Waals surface area contributed by atoms with Crippen LogP contribution >= 0.6 is 11.6 Å². The molecule has 0 atom stereocenters. The molecule has 2 aromatic rings. The molecule has 0 N–H and O–H groups in total. The minimum Gasteiger partial charge on any atom is -0.268 e. The predicted molar refractivity (Wildman–Crippen MR) is 56.8 cm³/mol. The number of rotatable bonds is 2. The SMILES string of the molecule is Cn1cc([N+](=O)[O-])c(C(=O)n2cc(Cl)cn2)n1. The van der Waals surface area contributed by atoms with Crippen LogP contribution in [0.5, 0.6) is 0 Å². The van der Waals surface area contributed by atoms with E-state index in [0.29, 0.717) is 0 Å². The Balaban J connectivity index is 2.47. The molecule has 0 aliphatic heterocycles. The lowest BCUT2D eigenvalue weighted by Gasteiger charge is -1.95. The zero-order chi connectivity index (χ0) is 12.6. The second-order valence-electron chi connectivity index (χ2n) is 3.20. The van der Waals surface area contributed by atoms with Crippen LogP contribution in [0.4, 0.5) is 5.69 Å². The Bertz CT molecular complexity index is 602. The van der Waals surface area contributed by atoms with Crippen LogP contribution in [0.15, 0.2) is 18.6 Å². The van der Waals surface area contributed by atoms with Crippen LogP contribution in [-0.4, -0.2) is 30.4 Å².